The summed E-state index contributed by atoms with van der Waals surface area (Å²) in [4.78, 5) is 20.1. The number of rotatable bonds is 4. The molecule has 7 heteroatoms. The van der Waals surface area contributed by atoms with Crippen molar-refractivity contribution in [1.29, 1.82) is 0 Å². The highest BCUT2D eigenvalue weighted by Crippen LogP contribution is 2.43. The lowest BCUT2D eigenvalue weighted by atomic mass is 10.2. The average molecular weight is 366 g/mol. The molecule has 1 saturated carbocycles. The molecule has 0 aromatic carbocycles. The second-order valence-corrected chi connectivity index (χ2v) is 12.6. The van der Waals surface area contributed by atoms with E-state index >= 15 is 0 Å². The number of amides is 1. The molecule has 4 nitrogen and oxygen atoms in total. The average Bonchev–Trinajstić information content (AvgIpc) is 3.12. The minimum absolute atomic E-state index is 0.000501. The first-order chi connectivity index (χ1) is 11.0. The normalized spacial score (nSPS) is 25.3. The molecular formula is C16H24ClN3OSi2. The Morgan fingerprint density at radius 2 is 2.17 bits per heavy atom. The van der Waals surface area contributed by atoms with Crippen molar-refractivity contribution < 1.29 is 4.79 Å². The number of carbonyl (C=O) groups excluding carboxylic acids is 1. The predicted octanol–water partition coefficient (Wildman–Crippen LogP) is 2.36. The van der Waals surface area contributed by atoms with E-state index in [-0.39, 0.29) is 24.9 Å². The number of nitrogens with one attached hydrogen (secondary N) is 2. The number of H-pyrrole nitrogens is 1. The van der Waals surface area contributed by atoms with Gasteiger partial charge in [-0.3, -0.25) is 4.79 Å². The minimum Gasteiger partial charge on any atom is -0.348 e. The number of halogens is 1. The summed E-state index contributed by atoms with van der Waals surface area (Å²) < 4.78 is 0.681. The second kappa shape index (κ2) is 6.41. The zero-order chi connectivity index (χ0) is 16.6. The second-order valence-electron chi connectivity index (χ2n) is 6.81. The van der Waals surface area contributed by atoms with Crippen molar-refractivity contribution >= 4 is 47.6 Å². The minimum atomic E-state index is -0.0342. The summed E-state index contributed by atoms with van der Waals surface area (Å²) in [7, 11) is 0.00100. The van der Waals surface area contributed by atoms with E-state index in [0.29, 0.717) is 27.1 Å². The molecule has 0 saturated heterocycles. The third-order valence-corrected chi connectivity index (χ3v) is 13.1. The SMILES string of the molecule is C[SiH2]C1([SiH2]C)CCC(NC(=O)c2cc3c(Cl)cc(C)nc3[nH]2)C1. The maximum atomic E-state index is 12.6. The fourth-order valence-electron chi connectivity index (χ4n) is 3.79. The third-order valence-electron chi connectivity index (χ3n) is 5.46. The number of carbonyl (C=O) groups is 1. The van der Waals surface area contributed by atoms with Crippen LogP contribution in [0.5, 0.6) is 0 Å². The van der Waals surface area contributed by atoms with Crippen LogP contribution in [0.3, 0.4) is 0 Å². The lowest BCUT2D eigenvalue weighted by Crippen LogP contribution is -2.34. The monoisotopic (exact) mass is 365 g/mol. The largest absolute Gasteiger partial charge is 0.348 e. The molecule has 3 rings (SSSR count). The molecule has 0 spiro atoms. The highest BCUT2D eigenvalue weighted by atomic mass is 35.5. The molecule has 2 N–H and O–H groups in total. The molecule has 2 aromatic rings. The van der Waals surface area contributed by atoms with Gasteiger partial charge in [0.1, 0.15) is 11.3 Å². The van der Waals surface area contributed by atoms with E-state index < -0.39 is 0 Å². The van der Waals surface area contributed by atoms with Crippen LogP contribution in [0.15, 0.2) is 12.1 Å². The van der Waals surface area contributed by atoms with E-state index in [0.717, 1.165) is 17.5 Å². The number of hydrogen-bond donors (Lipinski definition) is 2. The Morgan fingerprint density at radius 1 is 1.43 bits per heavy atom. The number of pyridine rings is 1. The Labute approximate surface area is 146 Å². The number of aromatic amines is 1. The van der Waals surface area contributed by atoms with Crippen LogP contribution in [0, 0.1) is 6.92 Å². The van der Waals surface area contributed by atoms with Crippen LogP contribution in [0.1, 0.15) is 35.4 Å². The first-order valence-corrected chi connectivity index (χ1v) is 13.0. The summed E-state index contributed by atoms with van der Waals surface area (Å²) in [6.07, 6.45) is 3.65. The summed E-state index contributed by atoms with van der Waals surface area (Å²) in [5.41, 5.74) is 2.08. The van der Waals surface area contributed by atoms with Crippen LogP contribution in [0.25, 0.3) is 11.0 Å². The fourth-order valence-corrected chi connectivity index (χ4v) is 8.48. The van der Waals surface area contributed by atoms with Gasteiger partial charge >= 0.3 is 0 Å². The van der Waals surface area contributed by atoms with Gasteiger partial charge in [-0.1, -0.05) is 31.1 Å². The van der Waals surface area contributed by atoms with E-state index in [4.69, 9.17) is 11.6 Å². The van der Waals surface area contributed by atoms with Gasteiger partial charge < -0.3 is 10.3 Å². The molecule has 1 aliphatic carbocycles. The van der Waals surface area contributed by atoms with Crippen molar-refractivity contribution in [2.24, 2.45) is 0 Å². The summed E-state index contributed by atoms with van der Waals surface area (Å²) >= 11 is 6.24. The molecular weight excluding hydrogens is 342 g/mol. The predicted molar refractivity (Wildman–Crippen MR) is 102 cm³/mol. The molecule has 1 amide bonds. The summed E-state index contributed by atoms with van der Waals surface area (Å²) in [5, 5.41) is 4.66. The molecule has 1 unspecified atom stereocenters. The first kappa shape index (κ1) is 16.7. The van der Waals surface area contributed by atoms with Crippen molar-refractivity contribution in [2.45, 2.75) is 50.0 Å². The highest BCUT2D eigenvalue weighted by Gasteiger charge is 2.37. The molecule has 1 fully saturated rings. The van der Waals surface area contributed by atoms with Gasteiger partial charge in [-0.05, 0) is 36.6 Å². The molecule has 0 aliphatic heterocycles. The maximum Gasteiger partial charge on any atom is 0.267 e. The van der Waals surface area contributed by atoms with Crippen LogP contribution in [0.4, 0.5) is 0 Å². The van der Waals surface area contributed by atoms with Gasteiger partial charge in [0, 0.05) is 36.2 Å². The van der Waals surface area contributed by atoms with Crippen molar-refractivity contribution in [3.05, 3.63) is 28.5 Å². The zero-order valence-corrected chi connectivity index (χ0v) is 17.6. The van der Waals surface area contributed by atoms with Gasteiger partial charge in [0.25, 0.3) is 5.91 Å². The van der Waals surface area contributed by atoms with Gasteiger partial charge in [-0.2, -0.15) is 0 Å². The Balaban J connectivity index is 1.76. The van der Waals surface area contributed by atoms with Gasteiger partial charge in [0.2, 0.25) is 0 Å². The summed E-state index contributed by atoms with van der Waals surface area (Å²) in [6.45, 7) is 6.75. The van der Waals surface area contributed by atoms with Crippen molar-refractivity contribution in [3.63, 3.8) is 0 Å². The van der Waals surface area contributed by atoms with Gasteiger partial charge in [0.15, 0.2) is 0 Å². The van der Waals surface area contributed by atoms with Gasteiger partial charge in [-0.25, -0.2) is 4.98 Å². The molecule has 1 aliphatic rings. The van der Waals surface area contributed by atoms with Gasteiger partial charge in [0.05, 0.1) is 5.02 Å². The number of nitrogens with zero attached hydrogens (tertiary/aromatic N) is 1. The van der Waals surface area contributed by atoms with E-state index in [9.17, 15) is 4.79 Å². The quantitative estimate of drug-likeness (QED) is 0.817. The lowest BCUT2D eigenvalue weighted by Gasteiger charge is -2.25. The smallest absolute Gasteiger partial charge is 0.267 e. The van der Waals surface area contributed by atoms with Crippen molar-refractivity contribution in [1.82, 2.24) is 15.3 Å². The molecule has 23 heavy (non-hydrogen) atoms. The van der Waals surface area contributed by atoms with E-state index in [1.807, 2.05) is 19.1 Å². The van der Waals surface area contributed by atoms with E-state index in [1.54, 1.807) is 0 Å². The Hall–Kier alpha value is -1.12. The highest BCUT2D eigenvalue weighted by molar-refractivity contribution is 6.61. The first-order valence-electron chi connectivity index (χ1n) is 8.43. The zero-order valence-electron chi connectivity index (χ0n) is 14.0. The van der Waals surface area contributed by atoms with E-state index in [1.165, 1.54) is 12.8 Å². The van der Waals surface area contributed by atoms with E-state index in [2.05, 4.69) is 28.4 Å². The molecule has 0 bridgehead atoms. The van der Waals surface area contributed by atoms with Crippen LogP contribution >= 0.6 is 11.6 Å². The van der Waals surface area contributed by atoms with Crippen molar-refractivity contribution in [2.75, 3.05) is 0 Å². The molecule has 1 atom stereocenters. The summed E-state index contributed by atoms with van der Waals surface area (Å²) in [6, 6.07) is 3.96. The fraction of sp³-hybridized carbons (Fsp3) is 0.500. The van der Waals surface area contributed by atoms with Crippen molar-refractivity contribution in [3.8, 4) is 0 Å². The van der Waals surface area contributed by atoms with Gasteiger partial charge in [-0.15, -0.1) is 0 Å². The number of hydrogen-bond acceptors (Lipinski definition) is 2. The topological polar surface area (TPSA) is 57.8 Å². The van der Waals surface area contributed by atoms with Crippen LogP contribution in [0.2, 0.25) is 22.8 Å². The maximum absolute atomic E-state index is 12.6. The molecule has 2 aromatic heterocycles. The van der Waals surface area contributed by atoms with Crippen LogP contribution in [-0.2, 0) is 0 Å². The number of aryl methyl sites for hydroxylation is 1. The summed E-state index contributed by atoms with van der Waals surface area (Å²) in [5.74, 6) is -0.0342. The Kier molecular flexibility index (Phi) is 4.66. The molecule has 124 valence electrons. The third kappa shape index (κ3) is 3.25. The standard InChI is InChI=1S/C16H24ClN3OSi2/c1-9-6-12(17)11-7-13(20-14(11)18-9)15(21)19-10-4-5-16(8-10,22-2)23-3/h6-7,10H,4-5,8,22-23H2,1-3H3,(H,18,20)(H,19,21). The van der Waals surface area contributed by atoms with Crippen LogP contribution < -0.4 is 5.32 Å². The Morgan fingerprint density at radius 3 is 2.83 bits per heavy atom. The Bertz CT molecular complexity index is 742. The number of fused-ring (bicyclic) bond motifs is 1. The molecule has 0 radical (unpaired) electrons. The lowest BCUT2D eigenvalue weighted by molar-refractivity contribution is 0.0933. The van der Waals surface area contributed by atoms with Crippen LogP contribution in [-0.4, -0.2) is 41.0 Å². The molecule has 2 heterocycles. The number of aromatic nitrogens is 2.